The van der Waals surface area contributed by atoms with E-state index in [4.69, 9.17) is 0 Å². The Morgan fingerprint density at radius 2 is 2.00 bits per heavy atom. The van der Waals surface area contributed by atoms with Crippen molar-refractivity contribution in [3.63, 3.8) is 0 Å². The summed E-state index contributed by atoms with van der Waals surface area (Å²) >= 11 is 0. The van der Waals surface area contributed by atoms with Crippen LogP contribution in [-0.4, -0.2) is 11.0 Å². The molecule has 0 fully saturated rings. The first-order chi connectivity index (χ1) is 7.18. The van der Waals surface area contributed by atoms with Gasteiger partial charge in [-0.2, -0.15) is 0 Å². The molecule has 0 aromatic carbocycles. The zero-order valence-corrected chi connectivity index (χ0v) is 10.0. The summed E-state index contributed by atoms with van der Waals surface area (Å²) in [5.74, 6) is 1.79. The monoisotopic (exact) mass is 206 g/mol. The van der Waals surface area contributed by atoms with Gasteiger partial charge in [0.05, 0.1) is 0 Å². The lowest BCUT2D eigenvalue weighted by Gasteiger charge is -2.14. The molecule has 0 saturated carbocycles. The van der Waals surface area contributed by atoms with Crippen LogP contribution >= 0.6 is 0 Å². The molecular weight excluding hydrogens is 184 g/mol. The van der Waals surface area contributed by atoms with E-state index in [0.717, 1.165) is 11.7 Å². The van der Waals surface area contributed by atoms with E-state index < -0.39 is 0 Å². The standard InChI is InChI=1S/C13H22N2/c1-11(2)7-6-8-12(3)15-13-9-4-5-10-14-13/h4-5,9-12H,6-8H2,1-3H3,(H,14,15). The van der Waals surface area contributed by atoms with Gasteiger partial charge in [-0.05, 0) is 31.4 Å². The highest BCUT2D eigenvalue weighted by Gasteiger charge is 2.02. The smallest absolute Gasteiger partial charge is 0.126 e. The van der Waals surface area contributed by atoms with Crippen molar-refractivity contribution in [1.82, 2.24) is 4.98 Å². The number of hydrogen-bond donors (Lipinski definition) is 1. The minimum absolute atomic E-state index is 0.513. The summed E-state index contributed by atoms with van der Waals surface area (Å²) in [6.07, 6.45) is 5.64. The third-order valence-corrected chi connectivity index (χ3v) is 2.48. The minimum Gasteiger partial charge on any atom is -0.368 e. The lowest BCUT2D eigenvalue weighted by atomic mass is 10.0. The van der Waals surface area contributed by atoms with Crippen LogP contribution in [0.2, 0.25) is 0 Å². The van der Waals surface area contributed by atoms with Gasteiger partial charge in [0, 0.05) is 12.2 Å². The van der Waals surface area contributed by atoms with Crippen molar-refractivity contribution in [3.05, 3.63) is 24.4 Å². The molecule has 0 bridgehead atoms. The van der Waals surface area contributed by atoms with E-state index in [1.54, 1.807) is 0 Å². The predicted molar refractivity (Wildman–Crippen MR) is 66.0 cm³/mol. The normalized spacial score (nSPS) is 12.8. The third-order valence-electron chi connectivity index (χ3n) is 2.48. The Labute approximate surface area is 93.1 Å². The summed E-state index contributed by atoms with van der Waals surface area (Å²) in [5, 5.41) is 3.40. The fourth-order valence-corrected chi connectivity index (χ4v) is 1.61. The molecule has 15 heavy (non-hydrogen) atoms. The summed E-state index contributed by atoms with van der Waals surface area (Å²) < 4.78 is 0. The van der Waals surface area contributed by atoms with E-state index in [1.807, 2.05) is 24.4 Å². The van der Waals surface area contributed by atoms with Crippen molar-refractivity contribution in [3.8, 4) is 0 Å². The van der Waals surface area contributed by atoms with Crippen LogP contribution in [0, 0.1) is 5.92 Å². The molecule has 0 amide bonds. The second-order valence-corrected chi connectivity index (χ2v) is 4.59. The van der Waals surface area contributed by atoms with Gasteiger partial charge in [0.2, 0.25) is 0 Å². The predicted octanol–water partition coefficient (Wildman–Crippen LogP) is 3.71. The van der Waals surface area contributed by atoms with Crippen molar-refractivity contribution in [2.45, 2.75) is 46.1 Å². The maximum Gasteiger partial charge on any atom is 0.126 e. The number of nitrogens with zero attached hydrogens (tertiary/aromatic N) is 1. The Morgan fingerprint density at radius 1 is 1.20 bits per heavy atom. The Morgan fingerprint density at radius 3 is 2.60 bits per heavy atom. The van der Waals surface area contributed by atoms with E-state index in [-0.39, 0.29) is 0 Å². The van der Waals surface area contributed by atoms with E-state index in [2.05, 4.69) is 31.1 Å². The highest BCUT2D eigenvalue weighted by Crippen LogP contribution is 2.11. The number of rotatable bonds is 6. The van der Waals surface area contributed by atoms with Crippen LogP contribution in [0.1, 0.15) is 40.0 Å². The van der Waals surface area contributed by atoms with Crippen molar-refractivity contribution < 1.29 is 0 Å². The van der Waals surface area contributed by atoms with E-state index in [1.165, 1.54) is 19.3 Å². The van der Waals surface area contributed by atoms with Crippen LogP contribution in [-0.2, 0) is 0 Å². The molecule has 1 heterocycles. The molecule has 0 aliphatic rings. The van der Waals surface area contributed by atoms with Gasteiger partial charge in [0.25, 0.3) is 0 Å². The third kappa shape index (κ3) is 5.40. The first kappa shape index (κ1) is 12.0. The molecule has 1 aromatic rings. The van der Waals surface area contributed by atoms with Gasteiger partial charge in [-0.1, -0.05) is 32.8 Å². The lowest BCUT2D eigenvalue weighted by molar-refractivity contribution is 0.520. The molecular formula is C13H22N2. The van der Waals surface area contributed by atoms with E-state index >= 15 is 0 Å². The number of nitrogens with one attached hydrogen (secondary N) is 1. The van der Waals surface area contributed by atoms with Crippen molar-refractivity contribution >= 4 is 5.82 Å². The van der Waals surface area contributed by atoms with Crippen molar-refractivity contribution in [2.24, 2.45) is 5.92 Å². The zero-order valence-electron chi connectivity index (χ0n) is 10.0. The Hall–Kier alpha value is -1.05. The van der Waals surface area contributed by atoms with E-state index in [0.29, 0.717) is 6.04 Å². The first-order valence-corrected chi connectivity index (χ1v) is 5.86. The molecule has 1 rings (SSSR count). The zero-order chi connectivity index (χ0) is 11.1. The van der Waals surface area contributed by atoms with Crippen molar-refractivity contribution in [2.75, 3.05) is 5.32 Å². The molecule has 2 nitrogen and oxygen atoms in total. The first-order valence-electron chi connectivity index (χ1n) is 5.86. The molecule has 2 heteroatoms. The molecule has 1 atom stereocenters. The van der Waals surface area contributed by atoms with Crippen LogP contribution in [0.4, 0.5) is 5.82 Å². The summed E-state index contributed by atoms with van der Waals surface area (Å²) in [5.41, 5.74) is 0. The summed E-state index contributed by atoms with van der Waals surface area (Å²) in [6.45, 7) is 6.77. The Bertz CT molecular complexity index is 256. The SMILES string of the molecule is CC(C)CCCC(C)Nc1ccccn1. The van der Waals surface area contributed by atoms with Crippen LogP contribution in [0.25, 0.3) is 0 Å². The average Bonchev–Trinajstić information content (AvgIpc) is 2.18. The van der Waals surface area contributed by atoms with Gasteiger partial charge in [-0.25, -0.2) is 4.98 Å². The molecule has 0 aliphatic heterocycles. The van der Waals surface area contributed by atoms with E-state index in [9.17, 15) is 0 Å². The summed E-state index contributed by atoms with van der Waals surface area (Å²) in [6, 6.07) is 6.47. The van der Waals surface area contributed by atoms with Gasteiger partial charge in [0.1, 0.15) is 5.82 Å². The minimum atomic E-state index is 0.513. The second-order valence-electron chi connectivity index (χ2n) is 4.59. The molecule has 0 saturated heterocycles. The molecule has 84 valence electrons. The van der Waals surface area contributed by atoms with Crippen LogP contribution in [0.15, 0.2) is 24.4 Å². The summed E-state index contributed by atoms with van der Waals surface area (Å²) in [7, 11) is 0. The summed E-state index contributed by atoms with van der Waals surface area (Å²) in [4.78, 5) is 4.25. The van der Waals surface area contributed by atoms with Gasteiger partial charge in [-0.15, -0.1) is 0 Å². The molecule has 1 aromatic heterocycles. The Kier molecular flexibility index (Phi) is 5.16. The molecule has 1 unspecified atom stereocenters. The molecule has 0 aliphatic carbocycles. The van der Waals surface area contributed by atoms with Gasteiger partial charge in [-0.3, -0.25) is 0 Å². The van der Waals surface area contributed by atoms with Crippen LogP contribution < -0.4 is 5.32 Å². The quantitative estimate of drug-likeness (QED) is 0.767. The number of hydrogen-bond acceptors (Lipinski definition) is 2. The topological polar surface area (TPSA) is 24.9 Å². The lowest BCUT2D eigenvalue weighted by Crippen LogP contribution is -2.15. The van der Waals surface area contributed by atoms with Gasteiger partial charge < -0.3 is 5.32 Å². The van der Waals surface area contributed by atoms with Gasteiger partial charge in [0.15, 0.2) is 0 Å². The maximum absolute atomic E-state index is 4.25. The highest BCUT2D eigenvalue weighted by atomic mass is 15.0. The molecule has 0 spiro atoms. The second kappa shape index (κ2) is 6.44. The fourth-order valence-electron chi connectivity index (χ4n) is 1.61. The van der Waals surface area contributed by atoms with Gasteiger partial charge >= 0.3 is 0 Å². The van der Waals surface area contributed by atoms with Crippen LogP contribution in [0.3, 0.4) is 0 Å². The largest absolute Gasteiger partial charge is 0.368 e. The van der Waals surface area contributed by atoms with Crippen LogP contribution in [0.5, 0.6) is 0 Å². The molecule has 0 radical (unpaired) electrons. The number of anilines is 1. The van der Waals surface area contributed by atoms with Crippen molar-refractivity contribution in [1.29, 1.82) is 0 Å². The number of pyridine rings is 1. The maximum atomic E-state index is 4.25. The molecule has 1 N–H and O–H groups in total. The number of aromatic nitrogens is 1. The average molecular weight is 206 g/mol. The highest BCUT2D eigenvalue weighted by molar-refractivity contribution is 5.33. The Balaban J connectivity index is 2.21. The fraction of sp³-hybridized carbons (Fsp3) is 0.615.